The number of anilines is 1. The highest BCUT2D eigenvalue weighted by Gasteiger charge is 2.17. The lowest BCUT2D eigenvalue weighted by Gasteiger charge is -2.35. The van der Waals surface area contributed by atoms with Crippen molar-refractivity contribution in [1.29, 1.82) is 0 Å². The Morgan fingerprint density at radius 1 is 0.838 bits per heavy atom. The van der Waals surface area contributed by atoms with E-state index in [2.05, 4.69) is 27.0 Å². The summed E-state index contributed by atoms with van der Waals surface area (Å²) in [7, 11) is -2.79. The quantitative estimate of drug-likeness (QED) is 0.223. The molecule has 0 unspecified atom stereocenters. The van der Waals surface area contributed by atoms with Crippen LogP contribution in [0.15, 0.2) is 18.3 Å². The third-order valence-corrected chi connectivity index (χ3v) is 8.25. The largest absolute Gasteiger partial charge is 0.354 e. The monoisotopic (exact) mass is 536 g/mol. The van der Waals surface area contributed by atoms with Crippen LogP contribution in [0.1, 0.15) is 107 Å². The summed E-state index contributed by atoms with van der Waals surface area (Å²) in [6.07, 6.45) is 19.6. The van der Waals surface area contributed by atoms with Gasteiger partial charge in [0.25, 0.3) is 5.91 Å². The number of nitrogens with zero attached hydrogens (tertiary/aromatic N) is 3. The van der Waals surface area contributed by atoms with Crippen LogP contribution in [0.2, 0.25) is 0 Å². The third kappa shape index (κ3) is 14.7. The lowest BCUT2D eigenvalue weighted by atomic mass is 10.0. The van der Waals surface area contributed by atoms with Crippen LogP contribution in [0, 0.1) is 0 Å². The molecule has 0 saturated carbocycles. The van der Waals surface area contributed by atoms with E-state index in [0.717, 1.165) is 70.6 Å². The van der Waals surface area contributed by atoms with Crippen LogP contribution >= 0.6 is 0 Å². The molecule has 1 aliphatic heterocycles. The fourth-order valence-electron chi connectivity index (χ4n) is 4.96. The molecule has 37 heavy (non-hydrogen) atoms. The molecule has 1 saturated heterocycles. The summed E-state index contributed by atoms with van der Waals surface area (Å²) in [5, 5.41) is 3.04. The minimum absolute atomic E-state index is 0.0257. The third-order valence-electron chi connectivity index (χ3n) is 7.22. The molecule has 2 heterocycles. The molecule has 7 nitrogen and oxygen atoms in total. The number of hydrogen-bond donors (Lipinski definition) is 1. The summed E-state index contributed by atoms with van der Waals surface area (Å²) in [6, 6.07) is 3.88. The molecule has 1 aromatic heterocycles. The predicted molar refractivity (Wildman–Crippen MR) is 155 cm³/mol. The highest BCUT2D eigenvalue weighted by molar-refractivity contribution is 7.90. The van der Waals surface area contributed by atoms with Crippen LogP contribution < -0.4 is 10.2 Å². The Morgan fingerprint density at radius 2 is 1.38 bits per heavy atom. The Bertz CT molecular complexity index is 837. The van der Waals surface area contributed by atoms with Gasteiger partial charge in [0, 0.05) is 50.9 Å². The maximum absolute atomic E-state index is 12.4. The van der Waals surface area contributed by atoms with Crippen molar-refractivity contribution in [3.05, 3.63) is 23.9 Å². The average molecular weight is 537 g/mol. The number of amides is 1. The molecule has 212 valence electrons. The zero-order valence-electron chi connectivity index (χ0n) is 23.6. The summed E-state index contributed by atoms with van der Waals surface area (Å²) in [5.41, 5.74) is 0.641. The molecule has 1 aromatic rings. The van der Waals surface area contributed by atoms with E-state index in [1.54, 1.807) is 6.20 Å². The Labute approximate surface area is 226 Å². The number of pyridine rings is 1. The summed E-state index contributed by atoms with van der Waals surface area (Å²) in [6.45, 7) is 8.26. The second-order valence-corrected chi connectivity index (χ2v) is 13.0. The van der Waals surface area contributed by atoms with Crippen LogP contribution in [0.25, 0.3) is 0 Å². The van der Waals surface area contributed by atoms with Gasteiger partial charge in [0.1, 0.15) is 15.7 Å². The molecule has 0 aliphatic carbocycles. The lowest BCUT2D eigenvalue weighted by Crippen LogP contribution is -2.46. The van der Waals surface area contributed by atoms with Crippen LogP contribution in [0.5, 0.6) is 0 Å². The second-order valence-electron chi connectivity index (χ2n) is 10.7. The van der Waals surface area contributed by atoms with Gasteiger partial charge >= 0.3 is 0 Å². The van der Waals surface area contributed by atoms with Crippen molar-refractivity contribution in [3.8, 4) is 0 Å². The number of sulfone groups is 1. The SMILES string of the molecule is CCCN1CCN(c2ccc(C(=O)NCCCCCCCCCCCCCCCS(C)(=O)=O)cn2)CC1. The Hall–Kier alpha value is -1.67. The second kappa shape index (κ2) is 18.6. The van der Waals surface area contributed by atoms with Gasteiger partial charge in [-0.05, 0) is 37.9 Å². The van der Waals surface area contributed by atoms with Crippen molar-refractivity contribution in [3.63, 3.8) is 0 Å². The van der Waals surface area contributed by atoms with Crippen LogP contribution in [0.3, 0.4) is 0 Å². The van der Waals surface area contributed by atoms with Gasteiger partial charge in [0.15, 0.2) is 0 Å². The van der Waals surface area contributed by atoms with Crippen molar-refractivity contribution in [2.45, 2.75) is 96.8 Å². The predicted octanol–water partition coefficient (Wildman–Crippen LogP) is 5.46. The fraction of sp³-hybridized carbons (Fsp3) is 0.793. The number of nitrogens with one attached hydrogen (secondary N) is 1. The first-order chi connectivity index (χ1) is 17.9. The summed E-state index contributed by atoms with van der Waals surface area (Å²) >= 11 is 0. The summed E-state index contributed by atoms with van der Waals surface area (Å²) < 4.78 is 22.2. The summed E-state index contributed by atoms with van der Waals surface area (Å²) in [4.78, 5) is 21.8. The molecule has 8 heteroatoms. The topological polar surface area (TPSA) is 82.6 Å². The van der Waals surface area contributed by atoms with Crippen LogP contribution in [-0.4, -0.2) is 75.5 Å². The zero-order valence-corrected chi connectivity index (χ0v) is 24.4. The zero-order chi connectivity index (χ0) is 26.8. The number of piperazine rings is 1. The van der Waals surface area contributed by atoms with Crippen molar-refractivity contribution in [1.82, 2.24) is 15.2 Å². The van der Waals surface area contributed by atoms with E-state index >= 15 is 0 Å². The molecule has 1 aliphatic rings. The number of carbonyl (C=O) groups is 1. The number of hydrogen-bond acceptors (Lipinski definition) is 6. The molecule has 1 fully saturated rings. The first-order valence-corrected chi connectivity index (χ1v) is 16.8. The van der Waals surface area contributed by atoms with Gasteiger partial charge in [-0.1, -0.05) is 77.6 Å². The fourth-order valence-corrected chi connectivity index (χ4v) is 5.69. The normalized spacial score (nSPS) is 14.7. The van der Waals surface area contributed by atoms with E-state index < -0.39 is 9.84 Å². The van der Waals surface area contributed by atoms with E-state index in [-0.39, 0.29) is 5.91 Å². The number of aromatic nitrogens is 1. The molecule has 0 spiro atoms. The molecule has 0 bridgehead atoms. The smallest absolute Gasteiger partial charge is 0.252 e. The molecule has 1 amide bonds. The van der Waals surface area contributed by atoms with E-state index in [0.29, 0.717) is 11.3 Å². The highest BCUT2D eigenvalue weighted by Crippen LogP contribution is 2.15. The molecule has 0 radical (unpaired) electrons. The van der Waals surface area contributed by atoms with Gasteiger partial charge in [-0.15, -0.1) is 0 Å². The van der Waals surface area contributed by atoms with Crippen molar-refractivity contribution in [2.24, 2.45) is 0 Å². The molecular weight excluding hydrogens is 484 g/mol. The average Bonchev–Trinajstić information content (AvgIpc) is 2.88. The van der Waals surface area contributed by atoms with Crippen molar-refractivity contribution < 1.29 is 13.2 Å². The lowest BCUT2D eigenvalue weighted by molar-refractivity contribution is 0.0952. The minimum atomic E-state index is -2.79. The number of unbranched alkanes of at least 4 members (excludes halogenated alkanes) is 12. The highest BCUT2D eigenvalue weighted by atomic mass is 32.2. The Kier molecular flexibility index (Phi) is 15.8. The van der Waals surface area contributed by atoms with E-state index in [1.165, 1.54) is 70.6 Å². The van der Waals surface area contributed by atoms with Gasteiger partial charge in [-0.3, -0.25) is 9.69 Å². The van der Waals surface area contributed by atoms with E-state index in [4.69, 9.17) is 0 Å². The minimum Gasteiger partial charge on any atom is -0.354 e. The van der Waals surface area contributed by atoms with Gasteiger partial charge in [0.05, 0.1) is 5.56 Å². The number of rotatable bonds is 20. The van der Waals surface area contributed by atoms with Gasteiger partial charge in [0.2, 0.25) is 0 Å². The van der Waals surface area contributed by atoms with Crippen LogP contribution in [-0.2, 0) is 9.84 Å². The van der Waals surface area contributed by atoms with Crippen molar-refractivity contribution in [2.75, 3.05) is 56.2 Å². The molecule has 0 aromatic carbocycles. The van der Waals surface area contributed by atoms with Crippen LogP contribution in [0.4, 0.5) is 5.82 Å². The first kappa shape index (κ1) is 31.5. The Morgan fingerprint density at radius 3 is 1.86 bits per heavy atom. The number of carbonyl (C=O) groups excluding carboxylic acids is 1. The Balaban J connectivity index is 1.40. The first-order valence-electron chi connectivity index (χ1n) is 14.8. The van der Waals surface area contributed by atoms with Gasteiger partial charge < -0.3 is 10.2 Å². The standard InChI is InChI=1S/C29H52N4O3S/c1-3-20-32-21-23-33(24-22-32)28-18-17-27(26-31-28)29(34)30-19-15-13-11-9-7-5-4-6-8-10-12-14-16-25-37(2,35)36/h17-18,26H,3-16,19-25H2,1-2H3,(H,30,34). The van der Waals surface area contributed by atoms with E-state index in [9.17, 15) is 13.2 Å². The molecule has 1 N–H and O–H groups in total. The van der Waals surface area contributed by atoms with Gasteiger partial charge in [-0.25, -0.2) is 13.4 Å². The van der Waals surface area contributed by atoms with E-state index in [1.807, 2.05) is 12.1 Å². The molecule has 0 atom stereocenters. The maximum Gasteiger partial charge on any atom is 0.252 e. The molecule has 2 rings (SSSR count). The van der Waals surface area contributed by atoms with Crippen molar-refractivity contribution >= 4 is 21.6 Å². The van der Waals surface area contributed by atoms with Gasteiger partial charge in [-0.2, -0.15) is 0 Å². The maximum atomic E-state index is 12.4. The molecular formula is C29H52N4O3S. The summed E-state index contributed by atoms with van der Waals surface area (Å²) in [5.74, 6) is 1.28.